The summed E-state index contributed by atoms with van der Waals surface area (Å²) in [7, 11) is 0. The summed E-state index contributed by atoms with van der Waals surface area (Å²) in [6, 6.07) is 10.5. The lowest BCUT2D eigenvalue weighted by atomic mass is 10.1. The van der Waals surface area contributed by atoms with Gasteiger partial charge in [-0.1, -0.05) is 18.2 Å². The molecule has 0 aromatic heterocycles. The van der Waals surface area contributed by atoms with Crippen LogP contribution in [-0.4, -0.2) is 11.0 Å². The van der Waals surface area contributed by atoms with Gasteiger partial charge in [-0.05, 0) is 36.8 Å². The van der Waals surface area contributed by atoms with Crippen molar-refractivity contribution in [3.63, 3.8) is 0 Å². The van der Waals surface area contributed by atoms with Crippen molar-refractivity contribution in [3.05, 3.63) is 59.4 Å². The molecule has 0 atom stereocenters. The quantitative estimate of drug-likeness (QED) is 0.854. The Kier molecular flexibility index (Phi) is 3.28. The van der Waals surface area contributed by atoms with Crippen LogP contribution in [0.1, 0.15) is 15.9 Å². The summed E-state index contributed by atoms with van der Waals surface area (Å²) < 4.78 is 13.0. The minimum absolute atomic E-state index is 0.0635. The number of carbonyl (C=O) groups is 1. The monoisotopic (exact) mass is 245 g/mol. The second-order valence-corrected chi connectivity index (χ2v) is 3.94. The molecular weight excluding hydrogens is 233 g/mol. The first kappa shape index (κ1) is 12.1. The number of benzene rings is 2. The number of phenols is 1. The Bertz CT molecular complexity index is 596. The fourth-order valence-electron chi connectivity index (χ4n) is 1.61. The largest absolute Gasteiger partial charge is 0.507 e. The van der Waals surface area contributed by atoms with E-state index in [2.05, 4.69) is 5.32 Å². The number of amides is 1. The van der Waals surface area contributed by atoms with Crippen molar-refractivity contribution >= 4 is 11.6 Å². The molecular formula is C14H12FNO2. The van der Waals surface area contributed by atoms with E-state index in [4.69, 9.17) is 0 Å². The smallest absolute Gasteiger partial charge is 0.259 e. The number of nitrogens with one attached hydrogen (secondary N) is 1. The molecule has 2 aromatic carbocycles. The number of phenolic OH excluding ortho intramolecular Hbond substituents is 1. The van der Waals surface area contributed by atoms with Crippen molar-refractivity contribution in [2.75, 3.05) is 5.32 Å². The van der Waals surface area contributed by atoms with Crippen molar-refractivity contribution in [2.45, 2.75) is 6.92 Å². The normalized spacial score (nSPS) is 10.1. The Morgan fingerprint density at radius 1 is 1.22 bits per heavy atom. The van der Waals surface area contributed by atoms with Crippen LogP contribution in [0.15, 0.2) is 42.5 Å². The molecule has 4 heteroatoms. The number of hydrogen-bond donors (Lipinski definition) is 2. The van der Waals surface area contributed by atoms with Crippen molar-refractivity contribution in [1.82, 2.24) is 0 Å². The first-order chi connectivity index (χ1) is 8.58. The van der Waals surface area contributed by atoms with Gasteiger partial charge < -0.3 is 10.4 Å². The molecule has 92 valence electrons. The maximum atomic E-state index is 13.0. The minimum atomic E-state index is -0.471. The summed E-state index contributed by atoms with van der Waals surface area (Å²) in [6.07, 6.45) is 0. The van der Waals surface area contributed by atoms with Gasteiger partial charge in [-0.25, -0.2) is 4.39 Å². The van der Waals surface area contributed by atoms with E-state index in [9.17, 15) is 14.3 Å². The summed E-state index contributed by atoms with van der Waals surface area (Å²) in [4.78, 5) is 11.9. The second kappa shape index (κ2) is 4.87. The highest BCUT2D eigenvalue weighted by atomic mass is 19.1. The van der Waals surface area contributed by atoms with E-state index in [1.807, 2.05) is 0 Å². The van der Waals surface area contributed by atoms with E-state index in [1.165, 1.54) is 24.3 Å². The molecule has 0 saturated carbocycles. The van der Waals surface area contributed by atoms with Gasteiger partial charge in [0.05, 0.1) is 5.56 Å². The Hall–Kier alpha value is -2.36. The van der Waals surface area contributed by atoms with E-state index < -0.39 is 11.7 Å². The lowest BCUT2D eigenvalue weighted by Gasteiger charge is -2.08. The molecule has 0 aliphatic rings. The maximum Gasteiger partial charge on any atom is 0.259 e. The van der Waals surface area contributed by atoms with Crippen LogP contribution >= 0.6 is 0 Å². The second-order valence-electron chi connectivity index (χ2n) is 3.94. The van der Waals surface area contributed by atoms with Crippen molar-refractivity contribution in [3.8, 4) is 5.75 Å². The Morgan fingerprint density at radius 3 is 2.67 bits per heavy atom. The predicted octanol–water partition coefficient (Wildman–Crippen LogP) is 3.09. The highest BCUT2D eigenvalue weighted by Crippen LogP contribution is 2.22. The van der Waals surface area contributed by atoms with Crippen LogP contribution in [-0.2, 0) is 0 Å². The molecule has 0 aliphatic heterocycles. The number of anilines is 1. The summed E-state index contributed by atoms with van der Waals surface area (Å²) >= 11 is 0. The highest BCUT2D eigenvalue weighted by Gasteiger charge is 2.12. The zero-order chi connectivity index (χ0) is 13.1. The molecule has 1 amide bonds. The first-order valence-electron chi connectivity index (χ1n) is 5.43. The number of aryl methyl sites for hydroxylation is 1. The van der Waals surface area contributed by atoms with Gasteiger partial charge in [0.15, 0.2) is 0 Å². The fourth-order valence-corrected chi connectivity index (χ4v) is 1.61. The van der Waals surface area contributed by atoms with Gasteiger partial charge in [0.2, 0.25) is 0 Å². The number of carbonyl (C=O) groups excluding carboxylic acids is 1. The van der Waals surface area contributed by atoms with Gasteiger partial charge in [-0.15, -0.1) is 0 Å². The van der Waals surface area contributed by atoms with Crippen molar-refractivity contribution in [2.24, 2.45) is 0 Å². The lowest BCUT2D eigenvalue weighted by Crippen LogP contribution is -2.12. The van der Waals surface area contributed by atoms with E-state index in [1.54, 1.807) is 25.1 Å². The number of aromatic hydroxyl groups is 1. The average Bonchev–Trinajstić information content (AvgIpc) is 2.32. The Labute approximate surface area is 104 Å². The van der Waals surface area contributed by atoms with Gasteiger partial charge in [0.25, 0.3) is 5.91 Å². The molecule has 0 aliphatic carbocycles. The molecule has 0 spiro atoms. The van der Waals surface area contributed by atoms with Crippen LogP contribution < -0.4 is 5.32 Å². The van der Waals surface area contributed by atoms with Crippen LogP contribution in [0.3, 0.4) is 0 Å². The van der Waals surface area contributed by atoms with Crippen LogP contribution in [0.4, 0.5) is 10.1 Å². The van der Waals surface area contributed by atoms with Gasteiger partial charge in [0, 0.05) is 5.69 Å². The zero-order valence-electron chi connectivity index (χ0n) is 9.77. The summed E-state index contributed by atoms with van der Waals surface area (Å²) in [6.45, 7) is 1.70. The Balaban J connectivity index is 2.25. The summed E-state index contributed by atoms with van der Waals surface area (Å²) in [5.41, 5.74) is 1.13. The fraction of sp³-hybridized carbons (Fsp3) is 0.0714. The number of rotatable bonds is 2. The molecule has 0 unspecified atom stereocenters. The highest BCUT2D eigenvalue weighted by molar-refractivity contribution is 6.06. The van der Waals surface area contributed by atoms with Gasteiger partial charge in [-0.3, -0.25) is 4.79 Å². The van der Waals surface area contributed by atoms with Crippen LogP contribution in [0.2, 0.25) is 0 Å². The van der Waals surface area contributed by atoms with Gasteiger partial charge >= 0.3 is 0 Å². The van der Waals surface area contributed by atoms with Gasteiger partial charge in [0.1, 0.15) is 11.6 Å². The van der Waals surface area contributed by atoms with Crippen molar-refractivity contribution in [1.29, 1.82) is 0 Å². The number of halogens is 1. The third-order valence-corrected chi connectivity index (χ3v) is 2.56. The lowest BCUT2D eigenvalue weighted by molar-refractivity contribution is 0.102. The maximum absolute atomic E-state index is 13.0. The molecule has 0 heterocycles. The van der Waals surface area contributed by atoms with Crippen molar-refractivity contribution < 1.29 is 14.3 Å². The van der Waals surface area contributed by atoms with E-state index >= 15 is 0 Å². The molecule has 2 N–H and O–H groups in total. The SMILES string of the molecule is Cc1cccc(C(=O)Nc2cccc(F)c2)c1O. The van der Waals surface area contributed by atoms with E-state index in [0.29, 0.717) is 11.3 Å². The van der Waals surface area contributed by atoms with E-state index in [0.717, 1.165) is 0 Å². The molecule has 0 radical (unpaired) electrons. The number of hydrogen-bond acceptors (Lipinski definition) is 2. The third-order valence-electron chi connectivity index (χ3n) is 2.56. The third kappa shape index (κ3) is 2.48. The molecule has 2 rings (SSSR count). The number of para-hydroxylation sites is 1. The van der Waals surface area contributed by atoms with Crippen LogP contribution in [0, 0.1) is 12.7 Å². The van der Waals surface area contributed by atoms with Crippen LogP contribution in [0.25, 0.3) is 0 Å². The Morgan fingerprint density at radius 2 is 1.94 bits per heavy atom. The summed E-state index contributed by atoms with van der Waals surface area (Å²) in [5.74, 6) is -0.963. The summed E-state index contributed by atoms with van der Waals surface area (Å²) in [5, 5.41) is 12.3. The molecule has 0 saturated heterocycles. The average molecular weight is 245 g/mol. The van der Waals surface area contributed by atoms with Crippen LogP contribution in [0.5, 0.6) is 5.75 Å². The van der Waals surface area contributed by atoms with E-state index in [-0.39, 0.29) is 11.3 Å². The topological polar surface area (TPSA) is 49.3 Å². The first-order valence-corrected chi connectivity index (χ1v) is 5.43. The standard InChI is InChI=1S/C14H12FNO2/c1-9-4-2-7-12(13(9)17)14(18)16-11-6-3-5-10(15)8-11/h2-8,17H,1H3,(H,16,18). The molecule has 3 nitrogen and oxygen atoms in total. The molecule has 0 bridgehead atoms. The molecule has 0 fully saturated rings. The molecule has 18 heavy (non-hydrogen) atoms. The predicted molar refractivity (Wildman–Crippen MR) is 67.2 cm³/mol. The zero-order valence-corrected chi connectivity index (χ0v) is 9.77. The van der Waals surface area contributed by atoms with Gasteiger partial charge in [-0.2, -0.15) is 0 Å². The minimum Gasteiger partial charge on any atom is -0.507 e. The molecule has 2 aromatic rings.